The fourth-order valence-electron chi connectivity index (χ4n) is 8.13. The van der Waals surface area contributed by atoms with Gasteiger partial charge in [-0.05, 0) is 98.7 Å². The molecule has 2 aromatic carbocycles. The van der Waals surface area contributed by atoms with Crippen molar-refractivity contribution in [3.63, 3.8) is 0 Å². The Labute approximate surface area is 219 Å². The van der Waals surface area contributed by atoms with Gasteiger partial charge in [0.1, 0.15) is 5.75 Å². The summed E-state index contributed by atoms with van der Waals surface area (Å²) in [4.78, 5) is 15.6. The van der Waals surface area contributed by atoms with E-state index in [9.17, 15) is 4.79 Å². The molecule has 2 aromatic rings. The molecule has 2 saturated carbocycles. The first-order chi connectivity index (χ1) is 18.0. The number of methoxy groups -OCH3 is 1. The maximum atomic E-state index is 13.1. The fraction of sp³-hybridized carbons (Fsp3) is 0.567. The van der Waals surface area contributed by atoms with Crippen LogP contribution in [0.25, 0.3) is 0 Å². The van der Waals surface area contributed by atoms with Gasteiger partial charge in [-0.25, -0.2) is 5.43 Å². The summed E-state index contributed by atoms with van der Waals surface area (Å²) in [5, 5.41) is 6.77. The van der Waals surface area contributed by atoms with Gasteiger partial charge in [-0.3, -0.25) is 10.2 Å². The minimum absolute atomic E-state index is 0.187. The molecule has 1 spiro atoms. The van der Waals surface area contributed by atoms with Crippen LogP contribution >= 0.6 is 0 Å². The van der Waals surface area contributed by atoms with E-state index >= 15 is 0 Å². The van der Waals surface area contributed by atoms with Gasteiger partial charge in [0.05, 0.1) is 18.6 Å². The second kappa shape index (κ2) is 8.72. The van der Waals surface area contributed by atoms with Gasteiger partial charge >= 0.3 is 0 Å². The molecule has 0 radical (unpaired) electrons. The molecule has 8 atom stereocenters. The first-order valence-electron chi connectivity index (χ1n) is 14.1. The van der Waals surface area contributed by atoms with Gasteiger partial charge < -0.3 is 20.3 Å². The molecule has 2 aliphatic carbocycles. The van der Waals surface area contributed by atoms with Crippen molar-refractivity contribution < 1.29 is 9.53 Å². The van der Waals surface area contributed by atoms with Crippen LogP contribution in [0.2, 0.25) is 0 Å². The Morgan fingerprint density at radius 1 is 1.00 bits per heavy atom. The Kier molecular flexibility index (Phi) is 5.54. The maximum Gasteiger partial charge on any atom is 0.235 e. The summed E-state index contributed by atoms with van der Waals surface area (Å²) < 4.78 is 5.48. The number of carbonyl (C=O) groups is 1. The number of piperazine rings is 1. The van der Waals surface area contributed by atoms with Crippen LogP contribution in [-0.4, -0.2) is 44.2 Å². The Morgan fingerprint density at radius 3 is 2.54 bits per heavy atom. The smallest absolute Gasteiger partial charge is 0.235 e. The van der Waals surface area contributed by atoms with Crippen molar-refractivity contribution >= 4 is 17.3 Å². The summed E-state index contributed by atoms with van der Waals surface area (Å²) in [6.07, 6.45) is 4.47. The van der Waals surface area contributed by atoms with Crippen LogP contribution in [-0.2, 0) is 10.2 Å². The third-order valence-corrected chi connectivity index (χ3v) is 9.92. The van der Waals surface area contributed by atoms with E-state index in [1.807, 2.05) is 12.1 Å². The van der Waals surface area contributed by atoms with Crippen molar-refractivity contribution in [2.45, 2.75) is 69.1 Å². The number of amides is 1. The van der Waals surface area contributed by atoms with Crippen LogP contribution in [0.3, 0.4) is 0 Å². The van der Waals surface area contributed by atoms with Crippen LogP contribution in [0.5, 0.6) is 5.75 Å². The van der Waals surface area contributed by atoms with E-state index in [0.29, 0.717) is 41.9 Å². The van der Waals surface area contributed by atoms with Crippen molar-refractivity contribution in [3.8, 4) is 5.75 Å². The van der Waals surface area contributed by atoms with Crippen LogP contribution < -0.4 is 31.1 Å². The van der Waals surface area contributed by atoms with E-state index < -0.39 is 0 Å². The van der Waals surface area contributed by atoms with Crippen LogP contribution in [0, 0.1) is 17.8 Å². The van der Waals surface area contributed by atoms with Crippen molar-refractivity contribution in [1.82, 2.24) is 16.2 Å². The molecule has 0 aromatic heterocycles. The number of anilines is 2. The van der Waals surface area contributed by atoms with E-state index in [2.05, 4.69) is 70.6 Å². The lowest BCUT2D eigenvalue weighted by atomic mass is 9.72. The Balaban J connectivity index is 1.03. The summed E-state index contributed by atoms with van der Waals surface area (Å²) in [5.41, 5.74) is 11.7. The summed E-state index contributed by atoms with van der Waals surface area (Å²) in [5.74, 6) is 2.59. The molecule has 4 unspecified atom stereocenters. The molecule has 7 rings (SSSR count). The average molecular weight is 502 g/mol. The standard InChI is InChI=1S/C30H39N5O2/c1-17-15-35(16-18(2)31-17)21-7-4-19(5-8-21)28-23-10-6-20(12-27(23)33-34-28)25-14-30(25)24-13-22(37-3)9-11-26(24)32-29(30)36/h4-5,7-9,11,13,17-18,20,23,25,27-28,31,33-34H,6,10,12,14-16H2,1-3H3,(H,32,36)/t17-,18+,20?,23?,25-,27?,28?,30-/m0/s1. The second-order valence-electron chi connectivity index (χ2n) is 12.2. The number of rotatable bonds is 4. The van der Waals surface area contributed by atoms with Gasteiger partial charge in [-0.15, -0.1) is 0 Å². The van der Waals surface area contributed by atoms with Gasteiger partial charge in [0.2, 0.25) is 5.91 Å². The number of hydrogen-bond donors (Lipinski definition) is 4. The molecular formula is C30H39N5O2. The quantitative estimate of drug-likeness (QED) is 0.512. The summed E-state index contributed by atoms with van der Waals surface area (Å²) >= 11 is 0. The zero-order chi connectivity index (χ0) is 25.3. The summed E-state index contributed by atoms with van der Waals surface area (Å²) in [6, 6.07) is 17.1. The molecule has 7 heteroatoms. The molecule has 5 aliphatic rings. The second-order valence-corrected chi connectivity index (χ2v) is 12.2. The van der Waals surface area contributed by atoms with Crippen molar-refractivity contribution in [3.05, 3.63) is 53.6 Å². The number of carbonyl (C=O) groups excluding carboxylic acids is 1. The molecule has 3 heterocycles. The molecule has 7 nitrogen and oxygen atoms in total. The number of fused-ring (bicyclic) bond motifs is 3. The third kappa shape index (κ3) is 3.77. The molecule has 3 aliphatic heterocycles. The zero-order valence-electron chi connectivity index (χ0n) is 22.1. The highest BCUT2D eigenvalue weighted by Crippen LogP contribution is 2.65. The summed E-state index contributed by atoms with van der Waals surface area (Å²) in [7, 11) is 1.69. The topological polar surface area (TPSA) is 77.7 Å². The SMILES string of the molecule is COc1ccc2c(c1)[C@]1(C[C@H]1C1CCC3C(C1)NNC3c1ccc(N3C[C@@H](C)N[C@@H](C)C3)cc1)C(=O)N2. The lowest BCUT2D eigenvalue weighted by Gasteiger charge is -2.38. The normalized spacial score (nSPS) is 38.3. The van der Waals surface area contributed by atoms with Gasteiger partial charge in [0.15, 0.2) is 0 Å². The number of nitrogens with zero attached hydrogens (tertiary/aromatic N) is 1. The third-order valence-electron chi connectivity index (χ3n) is 9.92. The van der Waals surface area contributed by atoms with Crippen LogP contribution in [0.4, 0.5) is 11.4 Å². The molecule has 1 amide bonds. The molecule has 37 heavy (non-hydrogen) atoms. The Bertz CT molecular complexity index is 1190. The molecule has 0 bridgehead atoms. The highest BCUT2D eigenvalue weighted by atomic mass is 16.5. The highest BCUT2D eigenvalue weighted by Gasteiger charge is 2.67. The molecule has 196 valence electrons. The number of hydrazine groups is 1. The van der Waals surface area contributed by atoms with Crippen LogP contribution in [0.15, 0.2) is 42.5 Å². The summed E-state index contributed by atoms with van der Waals surface area (Å²) in [6.45, 7) is 6.63. The van der Waals surface area contributed by atoms with Crippen molar-refractivity contribution in [2.75, 3.05) is 30.4 Å². The molecule has 2 saturated heterocycles. The average Bonchev–Trinajstić information content (AvgIpc) is 3.42. The molecule has 4 N–H and O–H groups in total. The highest BCUT2D eigenvalue weighted by molar-refractivity contribution is 6.09. The van der Waals surface area contributed by atoms with Crippen LogP contribution in [0.1, 0.15) is 56.7 Å². The number of ether oxygens (including phenoxy) is 1. The van der Waals surface area contributed by atoms with E-state index in [-0.39, 0.29) is 11.3 Å². The molecule has 4 fully saturated rings. The first kappa shape index (κ1) is 23.5. The lowest BCUT2D eigenvalue weighted by molar-refractivity contribution is -0.118. The monoisotopic (exact) mass is 501 g/mol. The number of hydrogen-bond acceptors (Lipinski definition) is 6. The first-order valence-corrected chi connectivity index (χ1v) is 14.1. The predicted octanol–water partition coefficient (Wildman–Crippen LogP) is 3.73. The van der Waals surface area contributed by atoms with E-state index in [1.54, 1.807) is 7.11 Å². The Morgan fingerprint density at radius 2 is 1.78 bits per heavy atom. The molecular weight excluding hydrogens is 462 g/mol. The number of nitrogens with one attached hydrogen (secondary N) is 4. The predicted molar refractivity (Wildman–Crippen MR) is 146 cm³/mol. The van der Waals surface area contributed by atoms with Gasteiger partial charge in [-0.1, -0.05) is 12.1 Å². The largest absolute Gasteiger partial charge is 0.497 e. The number of benzene rings is 2. The van der Waals surface area contributed by atoms with E-state index in [4.69, 9.17) is 4.74 Å². The van der Waals surface area contributed by atoms with Crippen molar-refractivity contribution in [1.29, 1.82) is 0 Å². The van der Waals surface area contributed by atoms with Gasteiger partial charge in [0.25, 0.3) is 0 Å². The maximum absolute atomic E-state index is 13.1. The lowest BCUT2D eigenvalue weighted by Crippen LogP contribution is -2.54. The minimum atomic E-state index is -0.346. The van der Waals surface area contributed by atoms with Crippen molar-refractivity contribution in [2.24, 2.45) is 17.8 Å². The minimum Gasteiger partial charge on any atom is -0.497 e. The Hall–Kier alpha value is -2.61. The van der Waals surface area contributed by atoms with Gasteiger partial charge in [0, 0.05) is 42.6 Å². The van der Waals surface area contributed by atoms with E-state index in [1.165, 1.54) is 24.1 Å². The van der Waals surface area contributed by atoms with Gasteiger partial charge in [-0.2, -0.15) is 0 Å². The zero-order valence-corrected chi connectivity index (χ0v) is 22.1. The van der Waals surface area contributed by atoms with E-state index in [0.717, 1.165) is 42.9 Å². The fourth-order valence-corrected chi connectivity index (χ4v) is 8.13.